The van der Waals surface area contributed by atoms with Crippen molar-refractivity contribution >= 4 is 12.1 Å². The first kappa shape index (κ1) is 25.4. The lowest BCUT2D eigenvalue weighted by Gasteiger charge is -2.38. The maximum absolute atomic E-state index is 13.5. The molecule has 0 spiro atoms. The van der Waals surface area contributed by atoms with Gasteiger partial charge in [0.1, 0.15) is 18.8 Å². The van der Waals surface area contributed by atoms with Crippen LogP contribution in [0.2, 0.25) is 0 Å². The second-order valence-corrected chi connectivity index (χ2v) is 8.88. The van der Waals surface area contributed by atoms with E-state index in [-0.39, 0.29) is 19.8 Å². The van der Waals surface area contributed by atoms with E-state index < -0.39 is 30.3 Å². The van der Waals surface area contributed by atoms with E-state index in [0.29, 0.717) is 19.4 Å². The van der Waals surface area contributed by atoms with Crippen molar-refractivity contribution in [2.75, 3.05) is 6.61 Å². The summed E-state index contributed by atoms with van der Waals surface area (Å²) in [5.41, 5.74) is 8.71. The number of carbonyl (C=O) groups excluding carboxylic acids is 2. The summed E-state index contributed by atoms with van der Waals surface area (Å²) < 4.78 is 17.5. The van der Waals surface area contributed by atoms with Gasteiger partial charge in [0.15, 0.2) is 0 Å². The summed E-state index contributed by atoms with van der Waals surface area (Å²) in [4.78, 5) is 27.4. The molecule has 0 bridgehead atoms. The highest BCUT2D eigenvalue weighted by Gasteiger charge is 2.38. The quantitative estimate of drug-likeness (QED) is 0.424. The van der Waals surface area contributed by atoms with Crippen LogP contribution in [0, 0.1) is 0 Å². The van der Waals surface area contributed by atoms with Gasteiger partial charge in [-0.15, -0.1) is 0 Å². The number of ether oxygens (including phenoxy) is 3. The number of hydrogen-bond acceptors (Lipinski definition) is 6. The van der Waals surface area contributed by atoms with Gasteiger partial charge in [0.25, 0.3) is 0 Å². The zero-order chi connectivity index (χ0) is 25.2. The van der Waals surface area contributed by atoms with Crippen LogP contribution in [-0.2, 0) is 38.8 Å². The van der Waals surface area contributed by atoms with Gasteiger partial charge in [0.05, 0.1) is 19.3 Å². The van der Waals surface area contributed by atoms with Crippen LogP contribution in [0.3, 0.4) is 0 Å². The number of esters is 1. The molecule has 0 aliphatic carbocycles. The molecule has 4 rings (SSSR count). The standard InChI is InChI=1S/C29H32N2O5/c30-25-16-17-27(36-28(25)32)26(21-34-19-23-12-6-2-7-13-23)31(18-22-10-4-1-5-11-22)29(33)35-20-24-14-8-3-9-15-24/h1-15,25-27H,16-21,30H2/t25?,26-,27+/m1/s1. The van der Waals surface area contributed by atoms with Crippen molar-refractivity contribution in [3.8, 4) is 0 Å². The largest absolute Gasteiger partial charge is 0.459 e. The lowest BCUT2D eigenvalue weighted by molar-refractivity contribution is -0.162. The number of carbonyl (C=O) groups is 2. The van der Waals surface area contributed by atoms with Gasteiger partial charge in [-0.25, -0.2) is 4.79 Å². The average Bonchev–Trinajstić information content (AvgIpc) is 2.92. The SMILES string of the molecule is NC1CC[C@@H]([C@@H](COCc2ccccc2)N(Cc2ccccc2)C(=O)OCc2ccccc2)OC1=O. The fourth-order valence-corrected chi connectivity index (χ4v) is 4.20. The Morgan fingerprint density at radius 1 is 0.861 bits per heavy atom. The van der Waals surface area contributed by atoms with Crippen LogP contribution >= 0.6 is 0 Å². The van der Waals surface area contributed by atoms with Gasteiger partial charge < -0.3 is 19.9 Å². The lowest BCUT2D eigenvalue weighted by Crippen LogP contribution is -2.54. The van der Waals surface area contributed by atoms with Gasteiger partial charge >= 0.3 is 12.1 Å². The number of nitrogens with two attached hydrogens (primary N) is 1. The minimum absolute atomic E-state index is 0.137. The normalized spacial score (nSPS) is 18.2. The Kier molecular flexibility index (Phi) is 9.08. The molecule has 36 heavy (non-hydrogen) atoms. The monoisotopic (exact) mass is 488 g/mol. The molecular formula is C29H32N2O5. The summed E-state index contributed by atoms with van der Waals surface area (Å²) in [5.74, 6) is -0.461. The molecule has 0 aromatic heterocycles. The molecule has 1 saturated heterocycles. The van der Waals surface area contributed by atoms with Crippen LogP contribution in [0.4, 0.5) is 4.79 Å². The number of amides is 1. The highest BCUT2D eigenvalue weighted by atomic mass is 16.6. The van der Waals surface area contributed by atoms with E-state index in [1.54, 1.807) is 4.90 Å². The molecule has 3 atom stereocenters. The summed E-state index contributed by atoms with van der Waals surface area (Å²) in [6, 6.07) is 27.8. The number of rotatable bonds is 10. The van der Waals surface area contributed by atoms with Crippen LogP contribution in [-0.4, -0.2) is 41.8 Å². The molecule has 7 heteroatoms. The Hall–Kier alpha value is -3.68. The van der Waals surface area contributed by atoms with Crippen molar-refractivity contribution in [1.82, 2.24) is 4.90 Å². The summed E-state index contributed by atoms with van der Waals surface area (Å²) in [5, 5.41) is 0. The smallest absolute Gasteiger partial charge is 0.410 e. The van der Waals surface area contributed by atoms with Crippen LogP contribution in [0.1, 0.15) is 29.5 Å². The van der Waals surface area contributed by atoms with Gasteiger partial charge in [0.2, 0.25) is 0 Å². The van der Waals surface area contributed by atoms with Crippen molar-refractivity contribution in [1.29, 1.82) is 0 Å². The van der Waals surface area contributed by atoms with Gasteiger partial charge in [-0.3, -0.25) is 9.69 Å². The van der Waals surface area contributed by atoms with Gasteiger partial charge in [-0.2, -0.15) is 0 Å². The van der Waals surface area contributed by atoms with Gasteiger partial charge in [-0.05, 0) is 29.5 Å². The summed E-state index contributed by atoms with van der Waals surface area (Å²) in [6.07, 6.45) is -0.0384. The first-order valence-corrected chi connectivity index (χ1v) is 12.2. The molecule has 2 N–H and O–H groups in total. The first-order valence-electron chi connectivity index (χ1n) is 12.2. The minimum Gasteiger partial charge on any atom is -0.459 e. The zero-order valence-corrected chi connectivity index (χ0v) is 20.2. The topological polar surface area (TPSA) is 91.1 Å². The molecule has 1 aliphatic heterocycles. The summed E-state index contributed by atoms with van der Waals surface area (Å²) >= 11 is 0. The van der Waals surface area contributed by atoms with Crippen molar-refractivity contribution < 1.29 is 23.8 Å². The summed E-state index contributed by atoms with van der Waals surface area (Å²) in [7, 11) is 0. The van der Waals surface area contributed by atoms with E-state index in [9.17, 15) is 9.59 Å². The maximum atomic E-state index is 13.5. The van der Waals surface area contributed by atoms with Gasteiger partial charge in [0, 0.05) is 6.54 Å². The Labute approximate surface area is 211 Å². The zero-order valence-electron chi connectivity index (χ0n) is 20.2. The van der Waals surface area contributed by atoms with E-state index in [1.165, 1.54) is 0 Å². The van der Waals surface area contributed by atoms with E-state index in [1.807, 2.05) is 91.0 Å². The van der Waals surface area contributed by atoms with E-state index in [2.05, 4.69) is 0 Å². The van der Waals surface area contributed by atoms with Crippen LogP contribution in [0.5, 0.6) is 0 Å². The molecule has 1 amide bonds. The lowest BCUT2D eigenvalue weighted by atomic mass is 9.98. The average molecular weight is 489 g/mol. The molecule has 1 aliphatic rings. The molecule has 0 radical (unpaired) electrons. The number of nitrogens with zero attached hydrogens (tertiary/aromatic N) is 1. The summed E-state index contributed by atoms with van der Waals surface area (Å²) in [6.45, 7) is 0.969. The van der Waals surface area contributed by atoms with Crippen molar-refractivity contribution in [3.05, 3.63) is 108 Å². The third-order valence-corrected chi connectivity index (χ3v) is 6.20. The molecule has 3 aromatic carbocycles. The third kappa shape index (κ3) is 7.16. The Morgan fingerprint density at radius 2 is 1.42 bits per heavy atom. The van der Waals surface area contributed by atoms with Gasteiger partial charge in [-0.1, -0.05) is 91.0 Å². The second-order valence-electron chi connectivity index (χ2n) is 8.88. The molecule has 3 aromatic rings. The number of benzene rings is 3. The van der Waals surface area contributed by atoms with E-state index >= 15 is 0 Å². The fourth-order valence-electron chi connectivity index (χ4n) is 4.20. The Balaban J connectivity index is 1.55. The predicted molar refractivity (Wildman–Crippen MR) is 136 cm³/mol. The molecule has 188 valence electrons. The Morgan fingerprint density at radius 3 is 2.00 bits per heavy atom. The van der Waals surface area contributed by atoms with E-state index in [0.717, 1.165) is 16.7 Å². The Bertz CT molecular complexity index is 1090. The van der Waals surface area contributed by atoms with Crippen LogP contribution in [0.25, 0.3) is 0 Å². The highest BCUT2D eigenvalue weighted by Crippen LogP contribution is 2.24. The molecular weight excluding hydrogens is 456 g/mol. The van der Waals surface area contributed by atoms with Crippen molar-refractivity contribution in [2.45, 2.75) is 50.8 Å². The van der Waals surface area contributed by atoms with Crippen LogP contribution in [0.15, 0.2) is 91.0 Å². The highest BCUT2D eigenvalue weighted by molar-refractivity contribution is 5.76. The maximum Gasteiger partial charge on any atom is 0.410 e. The first-order chi connectivity index (χ1) is 17.6. The minimum atomic E-state index is -0.653. The van der Waals surface area contributed by atoms with Crippen LogP contribution < -0.4 is 5.73 Å². The fraction of sp³-hybridized carbons (Fsp3) is 0.310. The second kappa shape index (κ2) is 12.9. The molecule has 7 nitrogen and oxygen atoms in total. The number of cyclic esters (lactones) is 1. The molecule has 0 saturated carbocycles. The van der Waals surface area contributed by atoms with E-state index in [4.69, 9.17) is 19.9 Å². The molecule has 1 unspecified atom stereocenters. The predicted octanol–water partition coefficient (Wildman–Crippen LogP) is 4.44. The number of hydrogen-bond donors (Lipinski definition) is 1. The van der Waals surface area contributed by atoms with Crippen molar-refractivity contribution in [3.63, 3.8) is 0 Å². The van der Waals surface area contributed by atoms with Crippen molar-refractivity contribution in [2.24, 2.45) is 5.73 Å². The molecule has 1 heterocycles. The molecule has 1 fully saturated rings. The third-order valence-electron chi connectivity index (χ3n) is 6.20.